The van der Waals surface area contributed by atoms with Crippen molar-refractivity contribution in [2.75, 3.05) is 47.5 Å². The molecule has 0 saturated heterocycles. The third-order valence-electron chi connectivity index (χ3n) is 11.7. The minimum Gasteiger partial charge on any atom is -0.756 e. The fourth-order valence-corrected chi connectivity index (χ4v) is 8.18. The predicted octanol–water partition coefficient (Wildman–Crippen LogP) is 16.3. The molecule has 9 nitrogen and oxygen atoms in total. The van der Waals surface area contributed by atoms with Gasteiger partial charge in [-0.1, -0.05) is 215 Å². The van der Waals surface area contributed by atoms with Gasteiger partial charge in [-0.25, -0.2) is 0 Å². The standard InChI is InChI=1S/C58H104NO8P/c1-6-8-10-12-14-16-18-20-22-24-25-26-27-28-29-30-31-32-33-35-36-38-40-42-44-46-48-50-57(60)64-54-56(55-66-68(62,63)65-53-52-59(3,4)5)67-58(61)51-49-47-45-43-41-39-37-34-23-21-19-17-15-13-11-9-7-2/h9,11,15,17,21,23-25,37,39,43,45,56H,6-8,10,12-14,16,18-20,22,26-36,38,40-42,44,46-55H2,1-5H3/b11-9-,17-15-,23-21-,25-24-,39-37-,45-43-. The monoisotopic (exact) mass is 974 g/mol. The van der Waals surface area contributed by atoms with Crippen LogP contribution in [0.5, 0.6) is 0 Å². The van der Waals surface area contributed by atoms with Crippen molar-refractivity contribution >= 4 is 19.8 Å². The molecule has 0 rings (SSSR count). The van der Waals surface area contributed by atoms with Gasteiger partial charge in [0.25, 0.3) is 7.82 Å². The number of ether oxygens (including phenoxy) is 2. The predicted molar refractivity (Wildman–Crippen MR) is 286 cm³/mol. The molecule has 2 unspecified atom stereocenters. The number of phosphoric acid groups is 1. The van der Waals surface area contributed by atoms with E-state index in [9.17, 15) is 19.0 Å². The van der Waals surface area contributed by atoms with Crippen LogP contribution in [-0.2, 0) is 32.7 Å². The highest BCUT2D eigenvalue weighted by molar-refractivity contribution is 7.45. The van der Waals surface area contributed by atoms with E-state index < -0.39 is 32.5 Å². The van der Waals surface area contributed by atoms with Crippen LogP contribution >= 0.6 is 7.82 Å². The van der Waals surface area contributed by atoms with Crippen molar-refractivity contribution in [3.8, 4) is 0 Å². The summed E-state index contributed by atoms with van der Waals surface area (Å²) >= 11 is 0. The number of unbranched alkanes of at least 4 members (excludes halogenated alkanes) is 24. The summed E-state index contributed by atoms with van der Waals surface area (Å²) in [6, 6.07) is 0. The average molecular weight is 974 g/mol. The molecule has 0 bridgehead atoms. The lowest BCUT2D eigenvalue weighted by atomic mass is 10.0. The van der Waals surface area contributed by atoms with Crippen molar-refractivity contribution in [1.82, 2.24) is 0 Å². The maximum absolute atomic E-state index is 12.7. The van der Waals surface area contributed by atoms with Crippen LogP contribution in [0.3, 0.4) is 0 Å². The molecule has 0 N–H and O–H groups in total. The van der Waals surface area contributed by atoms with Crippen LogP contribution in [0.25, 0.3) is 0 Å². The van der Waals surface area contributed by atoms with Gasteiger partial charge in [0.1, 0.15) is 19.8 Å². The van der Waals surface area contributed by atoms with Gasteiger partial charge in [0.15, 0.2) is 6.10 Å². The van der Waals surface area contributed by atoms with Crippen LogP contribution in [-0.4, -0.2) is 70.0 Å². The maximum atomic E-state index is 12.7. The first-order valence-corrected chi connectivity index (χ1v) is 29.1. The molecule has 2 atom stereocenters. The summed E-state index contributed by atoms with van der Waals surface area (Å²) < 4.78 is 34.0. The number of nitrogens with zero attached hydrogens (tertiary/aromatic N) is 1. The van der Waals surface area contributed by atoms with Gasteiger partial charge in [-0.2, -0.15) is 0 Å². The van der Waals surface area contributed by atoms with Gasteiger partial charge in [-0.3, -0.25) is 14.2 Å². The Balaban J connectivity index is 4.19. The van der Waals surface area contributed by atoms with E-state index in [2.05, 4.69) is 80.7 Å². The molecule has 0 aliphatic heterocycles. The molecule has 0 aromatic carbocycles. The van der Waals surface area contributed by atoms with E-state index in [0.717, 1.165) is 51.4 Å². The molecule has 0 aromatic heterocycles. The molecule has 0 fully saturated rings. The van der Waals surface area contributed by atoms with Gasteiger partial charge in [0.2, 0.25) is 0 Å². The number of hydrogen-bond donors (Lipinski definition) is 0. The van der Waals surface area contributed by atoms with Gasteiger partial charge < -0.3 is 27.9 Å². The SMILES string of the molecule is CC/C=C\C/C=C\C/C=C\C/C=C\C/C=C\CCCC(=O)OC(COC(=O)CCCCCCCCCCCCCCCCC/C=C\CCCCCCCCCC)COP(=O)([O-])OCC[N+](C)(C)C. The molecule has 394 valence electrons. The number of likely N-dealkylation sites (N-methyl/N-ethyl adjacent to an activating group) is 1. The lowest BCUT2D eigenvalue weighted by molar-refractivity contribution is -0.870. The summed E-state index contributed by atoms with van der Waals surface area (Å²) in [6.07, 6.45) is 63.9. The summed E-state index contributed by atoms with van der Waals surface area (Å²) in [5.41, 5.74) is 0. The van der Waals surface area contributed by atoms with Crippen molar-refractivity contribution in [3.63, 3.8) is 0 Å². The first kappa shape index (κ1) is 65.5. The summed E-state index contributed by atoms with van der Waals surface area (Å²) in [5.74, 6) is -0.900. The minimum absolute atomic E-state index is 0.0438. The lowest BCUT2D eigenvalue weighted by Crippen LogP contribution is -2.37. The molecular weight excluding hydrogens is 870 g/mol. The summed E-state index contributed by atoms with van der Waals surface area (Å²) in [4.78, 5) is 37.7. The van der Waals surface area contributed by atoms with E-state index >= 15 is 0 Å². The second-order valence-electron chi connectivity index (χ2n) is 19.6. The van der Waals surface area contributed by atoms with E-state index in [-0.39, 0.29) is 26.1 Å². The number of carbonyl (C=O) groups excluding carboxylic acids is 2. The number of hydrogen-bond acceptors (Lipinski definition) is 8. The van der Waals surface area contributed by atoms with Crippen LogP contribution in [0.15, 0.2) is 72.9 Å². The van der Waals surface area contributed by atoms with Gasteiger partial charge in [0, 0.05) is 12.8 Å². The number of quaternary nitrogens is 1. The van der Waals surface area contributed by atoms with Crippen molar-refractivity contribution in [3.05, 3.63) is 72.9 Å². The zero-order valence-electron chi connectivity index (χ0n) is 44.5. The Labute approximate surface area is 418 Å². The summed E-state index contributed by atoms with van der Waals surface area (Å²) in [7, 11) is 1.13. The van der Waals surface area contributed by atoms with Crippen molar-refractivity contribution < 1.29 is 42.1 Å². The van der Waals surface area contributed by atoms with Crippen LogP contribution < -0.4 is 4.89 Å². The third-order valence-corrected chi connectivity index (χ3v) is 12.7. The molecular formula is C58H104NO8P. The van der Waals surface area contributed by atoms with E-state index in [0.29, 0.717) is 23.9 Å². The summed E-state index contributed by atoms with van der Waals surface area (Å²) in [6.45, 7) is 4.07. The third kappa shape index (κ3) is 52.8. The molecule has 68 heavy (non-hydrogen) atoms. The fraction of sp³-hybridized carbons (Fsp3) is 0.759. The topological polar surface area (TPSA) is 111 Å². The largest absolute Gasteiger partial charge is 0.756 e. The van der Waals surface area contributed by atoms with Crippen LogP contribution in [0.4, 0.5) is 0 Å². The van der Waals surface area contributed by atoms with Crippen LogP contribution in [0, 0.1) is 0 Å². The van der Waals surface area contributed by atoms with Gasteiger partial charge >= 0.3 is 11.9 Å². The lowest BCUT2D eigenvalue weighted by Gasteiger charge is -2.28. The van der Waals surface area contributed by atoms with Gasteiger partial charge in [0.05, 0.1) is 27.7 Å². The van der Waals surface area contributed by atoms with E-state index in [1.165, 1.54) is 141 Å². The first-order chi connectivity index (χ1) is 33.0. The molecule has 10 heteroatoms. The molecule has 0 aliphatic carbocycles. The van der Waals surface area contributed by atoms with Crippen molar-refractivity contribution in [2.24, 2.45) is 0 Å². The maximum Gasteiger partial charge on any atom is 0.306 e. The van der Waals surface area contributed by atoms with Crippen molar-refractivity contribution in [2.45, 2.75) is 238 Å². The zero-order valence-corrected chi connectivity index (χ0v) is 45.4. The Morgan fingerprint density at radius 3 is 1.31 bits per heavy atom. The normalized spacial score (nSPS) is 13.9. The van der Waals surface area contributed by atoms with E-state index in [1.54, 1.807) is 0 Å². The van der Waals surface area contributed by atoms with E-state index in [1.807, 2.05) is 27.2 Å². The zero-order chi connectivity index (χ0) is 49.9. The fourth-order valence-electron chi connectivity index (χ4n) is 7.45. The Kier molecular flexibility index (Phi) is 47.6. The second-order valence-corrected chi connectivity index (χ2v) is 21.0. The number of allylic oxidation sites excluding steroid dienone is 12. The highest BCUT2D eigenvalue weighted by atomic mass is 31.2. The number of phosphoric ester groups is 1. The van der Waals surface area contributed by atoms with Crippen LogP contribution in [0.2, 0.25) is 0 Å². The summed E-state index contributed by atoms with van der Waals surface area (Å²) in [5, 5.41) is 0. The average Bonchev–Trinajstić information content (AvgIpc) is 3.30. The van der Waals surface area contributed by atoms with E-state index in [4.69, 9.17) is 18.5 Å². The Morgan fingerprint density at radius 1 is 0.471 bits per heavy atom. The molecule has 0 radical (unpaired) electrons. The Morgan fingerprint density at radius 2 is 0.853 bits per heavy atom. The second kappa shape index (κ2) is 49.4. The highest BCUT2D eigenvalue weighted by Crippen LogP contribution is 2.38. The molecule has 0 spiro atoms. The van der Waals surface area contributed by atoms with Gasteiger partial charge in [-0.15, -0.1) is 0 Å². The highest BCUT2D eigenvalue weighted by Gasteiger charge is 2.21. The Hall–Kier alpha value is -2.55. The van der Waals surface area contributed by atoms with Crippen molar-refractivity contribution in [1.29, 1.82) is 0 Å². The van der Waals surface area contributed by atoms with Gasteiger partial charge in [-0.05, 0) is 77.0 Å². The molecule has 0 heterocycles. The first-order valence-electron chi connectivity index (χ1n) is 27.6. The molecule has 0 aromatic rings. The molecule has 0 amide bonds. The number of rotatable bonds is 50. The Bertz CT molecular complexity index is 1380. The number of carbonyl (C=O) groups is 2. The molecule has 0 aliphatic rings. The number of esters is 2. The quantitative estimate of drug-likeness (QED) is 0.0195. The van der Waals surface area contributed by atoms with Crippen LogP contribution in [0.1, 0.15) is 232 Å². The minimum atomic E-state index is -4.65. The molecule has 0 saturated carbocycles. The smallest absolute Gasteiger partial charge is 0.306 e.